The number of hydrogen-bond acceptors (Lipinski definition) is 5. The Morgan fingerprint density at radius 1 is 1.20 bits per heavy atom. The number of nitrogens with two attached hydrogens (primary N) is 1. The fourth-order valence-corrected chi connectivity index (χ4v) is 6.13. The van der Waals surface area contributed by atoms with E-state index in [-0.39, 0.29) is 36.6 Å². The van der Waals surface area contributed by atoms with E-state index in [2.05, 4.69) is 0 Å². The number of halogens is 1. The van der Waals surface area contributed by atoms with Crippen LogP contribution in [0.4, 0.5) is 0 Å². The Labute approximate surface area is 214 Å². The van der Waals surface area contributed by atoms with Crippen molar-refractivity contribution in [1.82, 2.24) is 9.80 Å². The SMILES string of the molecule is CC(c1ccc(Cl)cc1)N(CCCS(N)(=O)=O)C(=O)C1(C)CCN1C(=O)c1csc2ccccc12. The summed E-state index contributed by atoms with van der Waals surface area (Å²) in [5.74, 6) is -0.619. The van der Waals surface area contributed by atoms with E-state index in [4.69, 9.17) is 16.7 Å². The summed E-state index contributed by atoms with van der Waals surface area (Å²) in [4.78, 5) is 30.8. The molecular formula is C25H28ClN3O4S2. The van der Waals surface area contributed by atoms with Crippen LogP contribution in [0.15, 0.2) is 53.9 Å². The van der Waals surface area contributed by atoms with E-state index in [0.717, 1.165) is 15.6 Å². The van der Waals surface area contributed by atoms with Crippen molar-refractivity contribution in [2.45, 2.75) is 38.3 Å². The summed E-state index contributed by atoms with van der Waals surface area (Å²) in [6.45, 7) is 4.34. The quantitative estimate of drug-likeness (QED) is 0.463. The van der Waals surface area contributed by atoms with Crippen LogP contribution in [0.25, 0.3) is 10.1 Å². The molecule has 35 heavy (non-hydrogen) atoms. The minimum Gasteiger partial charge on any atom is -0.334 e. The molecule has 1 saturated heterocycles. The lowest BCUT2D eigenvalue weighted by Crippen LogP contribution is -2.68. The van der Waals surface area contributed by atoms with Crippen molar-refractivity contribution in [2.24, 2.45) is 5.14 Å². The highest BCUT2D eigenvalue weighted by Crippen LogP contribution is 2.38. The molecule has 0 aliphatic carbocycles. The number of benzene rings is 2. The number of hydrogen-bond donors (Lipinski definition) is 1. The van der Waals surface area contributed by atoms with Crippen LogP contribution < -0.4 is 5.14 Å². The maximum atomic E-state index is 14.0. The van der Waals surface area contributed by atoms with E-state index in [0.29, 0.717) is 23.6 Å². The van der Waals surface area contributed by atoms with E-state index in [1.54, 1.807) is 28.9 Å². The van der Waals surface area contributed by atoms with Crippen molar-refractivity contribution >= 4 is 54.9 Å². The summed E-state index contributed by atoms with van der Waals surface area (Å²) in [6, 6.07) is 14.6. The van der Waals surface area contributed by atoms with Crippen molar-refractivity contribution in [3.8, 4) is 0 Å². The summed E-state index contributed by atoms with van der Waals surface area (Å²) in [7, 11) is -3.66. The topological polar surface area (TPSA) is 101 Å². The highest BCUT2D eigenvalue weighted by molar-refractivity contribution is 7.89. The molecular weight excluding hydrogens is 506 g/mol. The second kappa shape index (κ2) is 9.89. The molecule has 2 aromatic carbocycles. The minimum absolute atomic E-state index is 0.173. The number of fused-ring (bicyclic) bond motifs is 1. The number of nitrogens with zero attached hydrogens (tertiary/aromatic N) is 2. The van der Waals surface area contributed by atoms with Gasteiger partial charge in [0.15, 0.2) is 0 Å². The van der Waals surface area contributed by atoms with Crippen LogP contribution in [-0.2, 0) is 14.8 Å². The van der Waals surface area contributed by atoms with Crippen LogP contribution in [0.3, 0.4) is 0 Å². The van der Waals surface area contributed by atoms with Crippen LogP contribution in [0.1, 0.15) is 48.7 Å². The molecule has 2 amide bonds. The van der Waals surface area contributed by atoms with Gasteiger partial charge in [0.1, 0.15) is 5.54 Å². The molecule has 4 rings (SSSR count). The first-order chi connectivity index (χ1) is 16.5. The fourth-order valence-electron chi connectivity index (χ4n) is 4.53. The fraction of sp³-hybridized carbons (Fsp3) is 0.360. The molecule has 1 aromatic heterocycles. The summed E-state index contributed by atoms with van der Waals surface area (Å²) in [5, 5.41) is 8.49. The van der Waals surface area contributed by atoms with Crippen molar-refractivity contribution in [2.75, 3.05) is 18.8 Å². The van der Waals surface area contributed by atoms with E-state index >= 15 is 0 Å². The standard InChI is InChI=1S/C25H28ClN3O4S2/c1-17(18-8-10-19(26)11-9-18)28(13-5-15-35(27,32)33)24(31)25(2)12-14-29(25)23(30)21-16-34-22-7-4-3-6-20(21)22/h3-4,6-11,16-17H,5,12-15H2,1-2H3,(H2,27,32,33). The van der Waals surface area contributed by atoms with Crippen molar-refractivity contribution < 1.29 is 18.0 Å². The van der Waals surface area contributed by atoms with Crippen LogP contribution in [0, 0.1) is 0 Å². The van der Waals surface area contributed by atoms with Gasteiger partial charge in [-0.2, -0.15) is 0 Å². The summed E-state index contributed by atoms with van der Waals surface area (Å²) >= 11 is 7.54. The summed E-state index contributed by atoms with van der Waals surface area (Å²) < 4.78 is 24.0. The van der Waals surface area contributed by atoms with E-state index in [1.807, 2.05) is 48.7 Å². The molecule has 3 aromatic rings. The van der Waals surface area contributed by atoms with Gasteiger partial charge in [-0.05, 0) is 50.5 Å². The van der Waals surface area contributed by atoms with Crippen molar-refractivity contribution in [1.29, 1.82) is 0 Å². The molecule has 0 saturated carbocycles. The Balaban J connectivity index is 1.61. The Morgan fingerprint density at radius 3 is 2.51 bits per heavy atom. The highest BCUT2D eigenvalue weighted by Gasteiger charge is 2.52. The van der Waals surface area contributed by atoms with Gasteiger partial charge in [0.05, 0.1) is 17.4 Å². The van der Waals surface area contributed by atoms with E-state index in [9.17, 15) is 18.0 Å². The van der Waals surface area contributed by atoms with Gasteiger partial charge >= 0.3 is 0 Å². The molecule has 1 aliphatic heterocycles. The average molecular weight is 534 g/mol. The van der Waals surface area contributed by atoms with Gasteiger partial charge in [-0.1, -0.05) is 41.9 Å². The third-order valence-corrected chi connectivity index (χ3v) is 8.82. The van der Waals surface area contributed by atoms with Crippen LogP contribution >= 0.6 is 22.9 Å². The largest absolute Gasteiger partial charge is 0.334 e. The number of amides is 2. The molecule has 1 aliphatic rings. The molecule has 2 atom stereocenters. The van der Waals surface area contributed by atoms with Gasteiger partial charge in [-0.3, -0.25) is 9.59 Å². The Bertz CT molecular complexity index is 1360. The Kier molecular flexibility index (Phi) is 7.24. The number of rotatable bonds is 8. The van der Waals surface area contributed by atoms with Gasteiger partial charge < -0.3 is 9.80 Å². The zero-order valence-corrected chi connectivity index (χ0v) is 22.0. The predicted octanol–water partition coefficient (Wildman–Crippen LogP) is 4.43. The molecule has 0 spiro atoms. The number of likely N-dealkylation sites (tertiary alicyclic amines) is 1. The highest BCUT2D eigenvalue weighted by atomic mass is 35.5. The third-order valence-electron chi connectivity index (χ3n) is 6.74. The molecule has 2 N–H and O–H groups in total. The number of sulfonamides is 1. The molecule has 1 fully saturated rings. The minimum atomic E-state index is -3.66. The van der Waals surface area contributed by atoms with Gasteiger partial charge in [-0.15, -0.1) is 11.3 Å². The second-order valence-electron chi connectivity index (χ2n) is 9.07. The van der Waals surface area contributed by atoms with Gasteiger partial charge in [0, 0.05) is 33.6 Å². The van der Waals surface area contributed by atoms with Crippen LogP contribution in [0.5, 0.6) is 0 Å². The molecule has 2 unspecified atom stereocenters. The Hall–Kier alpha value is -2.46. The molecule has 0 radical (unpaired) electrons. The smallest absolute Gasteiger partial charge is 0.256 e. The Morgan fingerprint density at radius 2 is 1.89 bits per heavy atom. The van der Waals surface area contributed by atoms with Crippen molar-refractivity contribution in [3.05, 3.63) is 70.1 Å². The first-order valence-electron chi connectivity index (χ1n) is 11.4. The van der Waals surface area contributed by atoms with Crippen LogP contribution in [0.2, 0.25) is 5.02 Å². The first-order valence-corrected chi connectivity index (χ1v) is 14.3. The molecule has 0 bridgehead atoms. The predicted molar refractivity (Wildman–Crippen MR) is 140 cm³/mol. The number of carbonyl (C=O) groups is 2. The average Bonchev–Trinajstić information content (AvgIpc) is 3.24. The first kappa shape index (κ1) is 25.6. The van der Waals surface area contributed by atoms with Gasteiger partial charge in [-0.25, -0.2) is 13.6 Å². The lowest BCUT2D eigenvalue weighted by molar-refractivity contribution is -0.151. The zero-order valence-electron chi connectivity index (χ0n) is 19.6. The monoisotopic (exact) mass is 533 g/mol. The van der Waals surface area contributed by atoms with E-state index in [1.165, 1.54) is 11.3 Å². The number of carbonyl (C=O) groups excluding carboxylic acids is 2. The number of primary sulfonamides is 1. The molecule has 10 heteroatoms. The number of thiophene rings is 1. The molecule has 7 nitrogen and oxygen atoms in total. The van der Waals surface area contributed by atoms with Gasteiger partial charge in [0.2, 0.25) is 15.9 Å². The normalized spacial score (nSPS) is 18.8. The van der Waals surface area contributed by atoms with Crippen molar-refractivity contribution in [3.63, 3.8) is 0 Å². The molecule has 186 valence electrons. The molecule has 2 heterocycles. The van der Waals surface area contributed by atoms with Gasteiger partial charge in [0.25, 0.3) is 5.91 Å². The summed E-state index contributed by atoms with van der Waals surface area (Å²) in [6.07, 6.45) is 0.723. The third kappa shape index (κ3) is 5.23. The maximum Gasteiger partial charge on any atom is 0.256 e. The lowest BCUT2D eigenvalue weighted by atomic mass is 9.83. The zero-order chi connectivity index (χ0) is 25.4. The summed E-state index contributed by atoms with van der Waals surface area (Å²) in [5.41, 5.74) is 0.432. The second-order valence-corrected chi connectivity index (χ2v) is 12.2. The van der Waals surface area contributed by atoms with E-state index < -0.39 is 15.6 Å². The lowest BCUT2D eigenvalue weighted by Gasteiger charge is -2.51. The maximum absolute atomic E-state index is 14.0. The van der Waals surface area contributed by atoms with Crippen LogP contribution in [-0.4, -0.2) is 54.4 Å².